The van der Waals surface area contributed by atoms with Crippen LogP contribution >= 0.6 is 11.8 Å². The molecule has 5 atom stereocenters. The normalized spacial score (nSPS) is 22.1. The molecule has 0 unspecified atom stereocenters. The van der Waals surface area contributed by atoms with Gasteiger partial charge in [0.1, 0.15) is 36.5 Å². The predicted octanol–water partition coefficient (Wildman–Crippen LogP) is 2.44. The summed E-state index contributed by atoms with van der Waals surface area (Å²) in [5, 5.41) is 11.7. The highest BCUT2D eigenvalue weighted by Gasteiger charge is 2.51. The van der Waals surface area contributed by atoms with E-state index in [0.717, 1.165) is 11.8 Å². The first-order valence-electron chi connectivity index (χ1n) is 13.3. The average molecular weight is 607 g/mol. The van der Waals surface area contributed by atoms with Crippen LogP contribution < -0.4 is 10.1 Å². The van der Waals surface area contributed by atoms with E-state index >= 15 is 0 Å². The molecule has 0 radical (unpaired) electrons. The number of aromatic nitrogens is 3. The van der Waals surface area contributed by atoms with Crippen molar-refractivity contribution in [1.82, 2.24) is 20.1 Å². The van der Waals surface area contributed by atoms with Crippen LogP contribution in [0.5, 0.6) is 5.75 Å². The summed E-state index contributed by atoms with van der Waals surface area (Å²) in [6.45, 7) is 11.2. The van der Waals surface area contributed by atoms with Crippen LogP contribution in [-0.2, 0) is 57.2 Å². The third kappa shape index (κ3) is 8.92. The number of rotatable bonds is 10. The molecule has 0 saturated carbocycles. The molecule has 3 rings (SSSR count). The van der Waals surface area contributed by atoms with Crippen LogP contribution in [0.15, 0.2) is 29.4 Å². The molecule has 1 aliphatic rings. The molecule has 0 spiro atoms. The van der Waals surface area contributed by atoms with Crippen molar-refractivity contribution in [2.24, 2.45) is 7.05 Å². The molecule has 42 heavy (non-hydrogen) atoms. The lowest BCUT2D eigenvalue weighted by Crippen LogP contribution is -2.65. The van der Waals surface area contributed by atoms with Crippen molar-refractivity contribution in [3.8, 4) is 5.75 Å². The zero-order valence-corrected chi connectivity index (χ0v) is 25.9. The number of nitrogens with one attached hydrogen (secondary N) is 1. The van der Waals surface area contributed by atoms with Crippen molar-refractivity contribution >= 4 is 35.6 Å². The highest BCUT2D eigenvalue weighted by molar-refractivity contribution is 7.99. The highest BCUT2D eigenvalue weighted by Crippen LogP contribution is 2.35. The Hall–Kier alpha value is -3.65. The second kappa shape index (κ2) is 14.0. The molecule has 1 aromatic heterocycles. The molecule has 1 aliphatic heterocycles. The highest BCUT2D eigenvalue weighted by atomic mass is 32.2. The van der Waals surface area contributed by atoms with E-state index in [1.807, 2.05) is 24.3 Å². The summed E-state index contributed by atoms with van der Waals surface area (Å²) < 4.78 is 30.0. The second-order valence-electron chi connectivity index (χ2n) is 10.9. The third-order valence-corrected chi connectivity index (χ3v) is 7.51. The maximum absolute atomic E-state index is 12.2. The number of thioether (sulfide) groups is 1. The van der Waals surface area contributed by atoms with Crippen LogP contribution in [0.25, 0.3) is 0 Å². The van der Waals surface area contributed by atoms with Gasteiger partial charge >= 0.3 is 17.9 Å². The van der Waals surface area contributed by atoms with E-state index in [1.54, 1.807) is 11.6 Å². The van der Waals surface area contributed by atoms with Crippen molar-refractivity contribution in [2.45, 2.75) is 95.4 Å². The van der Waals surface area contributed by atoms with Gasteiger partial charge in [0, 0.05) is 34.7 Å². The summed E-state index contributed by atoms with van der Waals surface area (Å²) in [5.41, 5.74) is 0.296. The van der Waals surface area contributed by atoms with Crippen LogP contribution in [0, 0.1) is 0 Å². The van der Waals surface area contributed by atoms with E-state index in [1.165, 1.54) is 33.3 Å². The van der Waals surface area contributed by atoms with Crippen LogP contribution in [0.4, 0.5) is 0 Å². The molecule has 1 saturated heterocycles. The van der Waals surface area contributed by atoms with E-state index < -0.39 is 53.6 Å². The Morgan fingerprint density at radius 2 is 1.57 bits per heavy atom. The quantitative estimate of drug-likeness (QED) is 0.312. The standard InChI is InChI=1S/C28H38N4O9S/c1-15(33)29-23-25(40-18(4)36)24(39-17(3)35)21(13-37-16(2)34)41-26(23)42-27-31-30-22(32(27)8)14-38-20-11-9-19(10-12-20)28(5,6)7/h9-12,21,23-26H,13-14H2,1-8H3,(H,29,33)/t21-,23-,24+,25-,26+/m0/s1. The lowest BCUT2D eigenvalue weighted by atomic mass is 9.87. The fourth-order valence-corrected chi connectivity index (χ4v) is 5.39. The van der Waals surface area contributed by atoms with Gasteiger partial charge in [0.2, 0.25) is 5.91 Å². The predicted molar refractivity (Wildman–Crippen MR) is 150 cm³/mol. The van der Waals surface area contributed by atoms with Crippen molar-refractivity contribution < 1.29 is 42.9 Å². The fraction of sp³-hybridized carbons (Fsp3) is 0.571. The summed E-state index contributed by atoms with van der Waals surface area (Å²) in [6.07, 6.45) is -3.35. The lowest BCUT2D eigenvalue weighted by molar-refractivity contribution is -0.211. The minimum Gasteiger partial charge on any atom is -0.486 e. The van der Waals surface area contributed by atoms with Gasteiger partial charge in [-0.15, -0.1) is 10.2 Å². The molecule has 1 fully saturated rings. The van der Waals surface area contributed by atoms with Gasteiger partial charge in [0.25, 0.3) is 0 Å². The summed E-state index contributed by atoms with van der Waals surface area (Å²) in [6, 6.07) is 6.87. The molecule has 2 aromatic rings. The van der Waals surface area contributed by atoms with Gasteiger partial charge in [0.15, 0.2) is 23.2 Å². The molecule has 14 heteroatoms. The number of amides is 1. The molecule has 2 heterocycles. The first-order chi connectivity index (χ1) is 19.6. The van der Waals surface area contributed by atoms with Gasteiger partial charge in [-0.25, -0.2) is 0 Å². The Morgan fingerprint density at radius 1 is 0.952 bits per heavy atom. The molecule has 0 bridgehead atoms. The van der Waals surface area contributed by atoms with Crippen molar-refractivity contribution in [3.05, 3.63) is 35.7 Å². The number of carbonyl (C=O) groups is 4. The smallest absolute Gasteiger partial charge is 0.303 e. The third-order valence-electron chi connectivity index (χ3n) is 6.31. The molecule has 1 N–H and O–H groups in total. The first-order valence-corrected chi connectivity index (χ1v) is 14.2. The summed E-state index contributed by atoms with van der Waals surface area (Å²) in [5.74, 6) is -1.16. The second-order valence-corrected chi connectivity index (χ2v) is 11.9. The van der Waals surface area contributed by atoms with Crippen molar-refractivity contribution in [3.63, 3.8) is 0 Å². The fourth-order valence-electron chi connectivity index (χ4n) is 4.27. The molecule has 0 aliphatic carbocycles. The Bertz CT molecular complexity index is 1280. The zero-order chi connectivity index (χ0) is 31.2. The van der Waals surface area contributed by atoms with Gasteiger partial charge in [-0.3, -0.25) is 19.2 Å². The Balaban J connectivity index is 1.85. The minimum atomic E-state index is -1.17. The van der Waals surface area contributed by atoms with Gasteiger partial charge in [0.05, 0.1) is 0 Å². The monoisotopic (exact) mass is 606 g/mol. The van der Waals surface area contributed by atoms with Crippen LogP contribution in [0.3, 0.4) is 0 Å². The van der Waals surface area contributed by atoms with Crippen molar-refractivity contribution in [1.29, 1.82) is 0 Å². The van der Waals surface area contributed by atoms with Gasteiger partial charge in [-0.05, 0) is 23.1 Å². The van der Waals surface area contributed by atoms with Crippen LogP contribution in [0.2, 0.25) is 0 Å². The average Bonchev–Trinajstić information content (AvgIpc) is 3.22. The largest absolute Gasteiger partial charge is 0.486 e. The Labute approximate surface area is 248 Å². The number of hydrogen-bond donors (Lipinski definition) is 1. The van der Waals surface area contributed by atoms with Crippen LogP contribution in [0.1, 0.15) is 59.9 Å². The molecule has 1 amide bonds. The van der Waals surface area contributed by atoms with Gasteiger partial charge in [-0.2, -0.15) is 0 Å². The topological polar surface area (TPSA) is 157 Å². The minimum absolute atomic E-state index is 0.0222. The summed E-state index contributed by atoms with van der Waals surface area (Å²) in [4.78, 5) is 47.8. The number of esters is 3. The SMILES string of the molecule is CC(=O)N[C@H]1[C@H](OC(C)=O)[C@H](OC(C)=O)[C@H](COC(C)=O)O[C@@H]1Sc1nnc(COc2ccc(C(C)(C)C)cc2)n1C. The van der Waals surface area contributed by atoms with Crippen molar-refractivity contribution in [2.75, 3.05) is 6.61 Å². The molecule has 13 nitrogen and oxygen atoms in total. The molecule has 230 valence electrons. The van der Waals surface area contributed by atoms with Gasteiger partial charge in [-0.1, -0.05) is 44.7 Å². The first kappa shape index (κ1) is 32.9. The van der Waals surface area contributed by atoms with E-state index in [-0.39, 0.29) is 18.6 Å². The van der Waals surface area contributed by atoms with E-state index in [9.17, 15) is 19.2 Å². The zero-order valence-electron chi connectivity index (χ0n) is 25.0. The number of benzene rings is 1. The molecule has 1 aromatic carbocycles. The maximum Gasteiger partial charge on any atom is 0.303 e. The van der Waals surface area contributed by atoms with E-state index in [4.69, 9.17) is 23.7 Å². The number of hydrogen-bond acceptors (Lipinski definition) is 12. The number of carbonyl (C=O) groups excluding carboxylic acids is 4. The van der Waals surface area contributed by atoms with E-state index in [2.05, 4.69) is 36.3 Å². The Morgan fingerprint density at radius 3 is 2.12 bits per heavy atom. The Kier molecular flexibility index (Phi) is 11.0. The number of ether oxygens (including phenoxy) is 5. The summed E-state index contributed by atoms with van der Waals surface area (Å²) in [7, 11) is 1.75. The number of nitrogens with zero attached hydrogens (tertiary/aromatic N) is 3. The van der Waals surface area contributed by atoms with E-state index in [0.29, 0.717) is 16.7 Å². The maximum atomic E-state index is 12.2. The van der Waals surface area contributed by atoms with Crippen LogP contribution in [-0.4, -0.2) is 75.0 Å². The lowest BCUT2D eigenvalue weighted by Gasteiger charge is -2.44. The molecular formula is C28H38N4O9S. The van der Waals surface area contributed by atoms with Gasteiger partial charge < -0.3 is 33.6 Å². The molecular weight excluding hydrogens is 568 g/mol. The summed E-state index contributed by atoms with van der Waals surface area (Å²) >= 11 is 1.10.